The summed E-state index contributed by atoms with van der Waals surface area (Å²) in [4.78, 5) is 17.0. The molecule has 0 atom stereocenters. The molecule has 0 aliphatic carbocycles. The maximum absolute atomic E-state index is 12.0. The molecule has 0 saturated carbocycles. The highest BCUT2D eigenvalue weighted by atomic mass is 32.1. The van der Waals surface area contributed by atoms with Crippen LogP contribution in [-0.2, 0) is 13.0 Å². The van der Waals surface area contributed by atoms with E-state index in [2.05, 4.69) is 20.6 Å². The van der Waals surface area contributed by atoms with Crippen molar-refractivity contribution in [3.63, 3.8) is 0 Å². The molecule has 7 nitrogen and oxygen atoms in total. The van der Waals surface area contributed by atoms with E-state index in [9.17, 15) is 4.79 Å². The Balaban J connectivity index is 1.52. The first kappa shape index (κ1) is 15.5. The molecule has 0 amide bonds. The van der Waals surface area contributed by atoms with Crippen LogP contribution in [0, 0.1) is 0 Å². The van der Waals surface area contributed by atoms with E-state index in [0.717, 1.165) is 17.0 Å². The second-order valence-electron chi connectivity index (χ2n) is 5.44. The van der Waals surface area contributed by atoms with Gasteiger partial charge in [-0.25, -0.2) is 4.98 Å². The van der Waals surface area contributed by atoms with Gasteiger partial charge in [0, 0.05) is 23.4 Å². The highest BCUT2D eigenvalue weighted by molar-refractivity contribution is 7.20. The molecule has 0 fully saturated rings. The van der Waals surface area contributed by atoms with Crippen molar-refractivity contribution >= 4 is 21.4 Å². The van der Waals surface area contributed by atoms with Crippen LogP contribution in [0.1, 0.15) is 18.3 Å². The maximum Gasteiger partial charge on any atom is 0.275 e. The van der Waals surface area contributed by atoms with Gasteiger partial charge in [0.15, 0.2) is 5.76 Å². The van der Waals surface area contributed by atoms with Crippen molar-refractivity contribution in [3.8, 4) is 11.3 Å². The van der Waals surface area contributed by atoms with Gasteiger partial charge in [0.25, 0.3) is 5.56 Å². The Bertz CT molecular complexity index is 1070. The third kappa shape index (κ3) is 3.16. The van der Waals surface area contributed by atoms with Gasteiger partial charge >= 0.3 is 0 Å². The summed E-state index contributed by atoms with van der Waals surface area (Å²) in [6.45, 7) is 2.42. The summed E-state index contributed by atoms with van der Waals surface area (Å²) >= 11 is 1.33. The van der Waals surface area contributed by atoms with Gasteiger partial charge in [-0.3, -0.25) is 4.79 Å². The predicted octanol–water partition coefficient (Wildman–Crippen LogP) is 2.98. The molecule has 1 aromatic carbocycles. The third-order valence-corrected chi connectivity index (χ3v) is 4.56. The number of benzene rings is 1. The van der Waals surface area contributed by atoms with Crippen molar-refractivity contribution in [1.82, 2.24) is 19.8 Å². The van der Waals surface area contributed by atoms with E-state index in [-0.39, 0.29) is 5.56 Å². The van der Waals surface area contributed by atoms with Crippen molar-refractivity contribution in [2.75, 3.05) is 5.32 Å². The van der Waals surface area contributed by atoms with Gasteiger partial charge in [-0.2, -0.15) is 4.52 Å². The average molecular weight is 353 g/mol. The number of rotatable bonds is 5. The van der Waals surface area contributed by atoms with Crippen molar-refractivity contribution in [2.45, 2.75) is 19.9 Å². The Morgan fingerprint density at radius 3 is 2.84 bits per heavy atom. The van der Waals surface area contributed by atoms with Gasteiger partial charge in [-0.15, -0.1) is 5.10 Å². The van der Waals surface area contributed by atoms with E-state index < -0.39 is 0 Å². The van der Waals surface area contributed by atoms with E-state index >= 15 is 0 Å². The number of nitrogens with zero attached hydrogens (tertiary/aromatic N) is 4. The molecule has 0 radical (unpaired) electrons. The Labute approximate surface area is 146 Å². The Hall–Kier alpha value is -3.00. The Morgan fingerprint density at radius 1 is 1.20 bits per heavy atom. The monoisotopic (exact) mass is 353 g/mol. The van der Waals surface area contributed by atoms with Gasteiger partial charge in [0.1, 0.15) is 5.69 Å². The van der Waals surface area contributed by atoms with Crippen molar-refractivity contribution in [1.29, 1.82) is 0 Å². The number of hydrogen-bond donors (Lipinski definition) is 1. The topological polar surface area (TPSA) is 85.3 Å². The number of hydrogen-bond acceptors (Lipinski definition) is 7. The highest BCUT2D eigenvalue weighted by Crippen LogP contribution is 2.21. The van der Waals surface area contributed by atoms with E-state index in [1.54, 1.807) is 0 Å². The van der Waals surface area contributed by atoms with Crippen LogP contribution < -0.4 is 10.9 Å². The summed E-state index contributed by atoms with van der Waals surface area (Å²) in [6, 6.07) is 13.2. The van der Waals surface area contributed by atoms with Gasteiger partial charge in [-0.1, -0.05) is 53.7 Å². The molecule has 4 aromatic rings. The van der Waals surface area contributed by atoms with Crippen LogP contribution in [0.5, 0.6) is 0 Å². The fraction of sp³-hybridized carbons (Fsp3) is 0.176. The van der Waals surface area contributed by atoms with Crippen molar-refractivity contribution in [2.24, 2.45) is 0 Å². The zero-order valence-electron chi connectivity index (χ0n) is 13.5. The van der Waals surface area contributed by atoms with Crippen molar-refractivity contribution in [3.05, 3.63) is 64.2 Å². The molecule has 1 N–H and O–H groups in total. The molecule has 0 aliphatic heterocycles. The van der Waals surface area contributed by atoms with Crippen LogP contribution in [0.2, 0.25) is 0 Å². The van der Waals surface area contributed by atoms with Crippen LogP contribution in [0.3, 0.4) is 0 Å². The SMILES string of the molecule is CCc1cc(=O)n2nc(NCc3cc(-c4ccccc4)on3)sc2n1. The molecule has 0 unspecified atom stereocenters. The van der Waals surface area contributed by atoms with Crippen LogP contribution in [0.4, 0.5) is 5.13 Å². The molecule has 3 aromatic heterocycles. The van der Waals surface area contributed by atoms with Gasteiger partial charge in [-0.05, 0) is 6.42 Å². The first-order chi connectivity index (χ1) is 12.2. The number of nitrogens with one attached hydrogen (secondary N) is 1. The Morgan fingerprint density at radius 2 is 2.04 bits per heavy atom. The summed E-state index contributed by atoms with van der Waals surface area (Å²) in [5.41, 5.74) is 2.33. The predicted molar refractivity (Wildman–Crippen MR) is 95.8 cm³/mol. The third-order valence-electron chi connectivity index (χ3n) is 3.70. The lowest BCUT2D eigenvalue weighted by atomic mass is 10.2. The zero-order valence-corrected chi connectivity index (χ0v) is 14.3. The molecular formula is C17H15N5O2S. The van der Waals surface area contributed by atoms with Crippen LogP contribution in [0.25, 0.3) is 16.3 Å². The van der Waals surface area contributed by atoms with Crippen molar-refractivity contribution < 1.29 is 4.52 Å². The standard InChI is InChI=1S/C17H15N5O2S/c1-2-12-9-15(23)22-17(19-12)25-16(20-22)18-10-13-8-14(24-21-13)11-6-4-3-5-7-11/h3-9H,2,10H2,1H3,(H,18,20). The van der Waals surface area contributed by atoms with Gasteiger partial charge < -0.3 is 9.84 Å². The minimum absolute atomic E-state index is 0.168. The lowest BCUT2D eigenvalue weighted by Gasteiger charge is -1.96. The van der Waals surface area contributed by atoms with E-state index in [4.69, 9.17) is 4.52 Å². The summed E-state index contributed by atoms with van der Waals surface area (Å²) < 4.78 is 6.68. The minimum atomic E-state index is -0.168. The fourth-order valence-electron chi connectivity index (χ4n) is 2.41. The molecule has 3 heterocycles. The smallest absolute Gasteiger partial charge is 0.275 e. The largest absolute Gasteiger partial charge is 0.356 e. The molecule has 0 bridgehead atoms. The molecular weight excluding hydrogens is 338 g/mol. The van der Waals surface area contributed by atoms with Crippen LogP contribution in [0.15, 0.2) is 51.8 Å². The molecule has 0 saturated heterocycles. The molecule has 25 heavy (non-hydrogen) atoms. The summed E-state index contributed by atoms with van der Waals surface area (Å²) in [5.74, 6) is 0.715. The van der Waals surface area contributed by atoms with Gasteiger partial charge in [0.2, 0.25) is 10.1 Å². The first-order valence-electron chi connectivity index (χ1n) is 7.87. The normalized spacial score (nSPS) is 11.1. The summed E-state index contributed by atoms with van der Waals surface area (Å²) in [6.07, 6.45) is 0.716. The van der Waals surface area contributed by atoms with E-state index in [0.29, 0.717) is 28.8 Å². The Kier molecular flexibility index (Phi) is 4.02. The summed E-state index contributed by atoms with van der Waals surface area (Å²) in [7, 11) is 0. The molecule has 0 aliphatic rings. The molecule has 8 heteroatoms. The maximum atomic E-state index is 12.0. The second-order valence-corrected chi connectivity index (χ2v) is 6.40. The van der Waals surface area contributed by atoms with E-state index in [1.165, 1.54) is 21.9 Å². The minimum Gasteiger partial charge on any atom is -0.356 e. The average Bonchev–Trinajstić information content (AvgIpc) is 3.27. The number of aryl methyl sites for hydroxylation is 1. The molecule has 126 valence electrons. The summed E-state index contributed by atoms with van der Waals surface area (Å²) in [5, 5.41) is 12.1. The number of anilines is 1. The number of fused-ring (bicyclic) bond motifs is 1. The van der Waals surface area contributed by atoms with E-state index in [1.807, 2.05) is 43.3 Å². The fourth-order valence-corrected chi connectivity index (χ4v) is 3.23. The zero-order chi connectivity index (χ0) is 17.2. The lowest BCUT2D eigenvalue weighted by molar-refractivity contribution is 0.424. The highest BCUT2D eigenvalue weighted by Gasteiger charge is 2.10. The van der Waals surface area contributed by atoms with Gasteiger partial charge in [0.05, 0.1) is 6.54 Å². The molecule has 0 spiro atoms. The first-order valence-corrected chi connectivity index (χ1v) is 8.69. The quantitative estimate of drug-likeness (QED) is 0.594. The molecule has 4 rings (SSSR count). The number of aromatic nitrogens is 4. The second kappa shape index (κ2) is 6.48. The lowest BCUT2D eigenvalue weighted by Crippen LogP contribution is -2.15. The van der Waals surface area contributed by atoms with Crippen LogP contribution in [-0.4, -0.2) is 19.8 Å². The van der Waals surface area contributed by atoms with Crippen LogP contribution >= 0.6 is 11.3 Å².